The van der Waals surface area contributed by atoms with Crippen molar-refractivity contribution in [2.45, 2.75) is 31.7 Å². The fourth-order valence-electron chi connectivity index (χ4n) is 4.91. The highest BCUT2D eigenvalue weighted by Gasteiger charge is 2.27. The van der Waals surface area contributed by atoms with Gasteiger partial charge in [-0.05, 0) is 72.9 Å². The number of piperidine rings is 1. The highest BCUT2D eigenvalue weighted by atomic mass is 35.5. The van der Waals surface area contributed by atoms with Crippen molar-refractivity contribution in [3.63, 3.8) is 0 Å². The van der Waals surface area contributed by atoms with Crippen molar-refractivity contribution in [2.75, 3.05) is 24.2 Å². The third-order valence-corrected chi connectivity index (χ3v) is 9.34. The van der Waals surface area contributed by atoms with E-state index < -0.39 is 10.0 Å². The minimum Gasteiger partial charge on any atom is -0.367 e. The Morgan fingerprint density at radius 3 is 2.03 bits per heavy atom. The molecule has 0 radical (unpaired) electrons. The van der Waals surface area contributed by atoms with Crippen molar-refractivity contribution in [3.8, 4) is 0 Å². The lowest BCUT2D eigenvalue weighted by molar-refractivity contribution is 0.330. The van der Waals surface area contributed by atoms with E-state index in [1.54, 1.807) is 17.6 Å². The normalized spacial score (nSPS) is 15.4. The fourth-order valence-corrected chi connectivity index (χ4v) is 6.30. The number of aromatic nitrogens is 2. The molecule has 0 unspecified atom stereocenters. The number of anilines is 1. The van der Waals surface area contributed by atoms with Crippen molar-refractivity contribution in [2.24, 2.45) is 0 Å². The number of benzene rings is 3. The standard InChI is InChI=1S/C28H28Cl2N4O2S/c1-2-37(35,36)34-15-13-24(14-16-34)33-28-25-17-21(7-12-26(25)31-18-32-28)27(19-3-8-22(29)9-4-19)20-5-10-23(30)11-6-20/h3-12,17-18,24,27H,2,13-16H2,1H3,(H,31,32,33). The molecule has 3 aromatic carbocycles. The van der Waals surface area contributed by atoms with E-state index in [0.29, 0.717) is 23.1 Å². The molecule has 1 aliphatic heterocycles. The molecule has 0 spiro atoms. The van der Waals surface area contributed by atoms with Crippen molar-refractivity contribution in [1.82, 2.24) is 14.3 Å². The lowest BCUT2D eigenvalue weighted by Gasteiger charge is -2.31. The summed E-state index contributed by atoms with van der Waals surface area (Å²) in [6.07, 6.45) is 3.02. The number of halogens is 2. The molecule has 5 rings (SSSR count). The summed E-state index contributed by atoms with van der Waals surface area (Å²) in [5.41, 5.74) is 4.17. The lowest BCUT2D eigenvalue weighted by Crippen LogP contribution is -2.43. The maximum atomic E-state index is 12.2. The summed E-state index contributed by atoms with van der Waals surface area (Å²) in [5.74, 6) is 0.858. The van der Waals surface area contributed by atoms with Gasteiger partial charge in [-0.25, -0.2) is 22.7 Å². The average molecular weight is 556 g/mol. The van der Waals surface area contributed by atoms with Gasteiger partial charge in [0.25, 0.3) is 0 Å². The molecule has 6 nitrogen and oxygen atoms in total. The lowest BCUT2D eigenvalue weighted by atomic mass is 9.84. The van der Waals surface area contributed by atoms with Gasteiger partial charge in [0.15, 0.2) is 0 Å². The van der Waals surface area contributed by atoms with Crippen LogP contribution in [0.15, 0.2) is 73.1 Å². The van der Waals surface area contributed by atoms with E-state index in [0.717, 1.165) is 46.3 Å². The molecule has 9 heteroatoms. The van der Waals surface area contributed by atoms with Crippen LogP contribution in [0.1, 0.15) is 42.4 Å². The number of rotatable bonds is 7. The Morgan fingerprint density at radius 2 is 1.46 bits per heavy atom. The quantitative estimate of drug-likeness (QED) is 0.269. The molecule has 1 fully saturated rings. The minimum atomic E-state index is -3.16. The van der Waals surface area contributed by atoms with E-state index in [1.165, 1.54) is 0 Å². The van der Waals surface area contributed by atoms with E-state index in [4.69, 9.17) is 23.2 Å². The Labute approximate surface area is 227 Å². The van der Waals surface area contributed by atoms with Crippen LogP contribution >= 0.6 is 23.2 Å². The first-order valence-corrected chi connectivity index (χ1v) is 14.7. The monoisotopic (exact) mass is 554 g/mol. The van der Waals surface area contributed by atoms with E-state index in [1.807, 2.05) is 54.6 Å². The number of fused-ring (bicyclic) bond motifs is 1. The SMILES string of the molecule is CCS(=O)(=O)N1CCC(Nc2ncnc3ccc(C(c4ccc(Cl)cc4)c4ccc(Cl)cc4)cc23)CC1. The largest absolute Gasteiger partial charge is 0.367 e. The van der Waals surface area contributed by atoms with Gasteiger partial charge < -0.3 is 5.32 Å². The number of hydrogen-bond donors (Lipinski definition) is 1. The van der Waals surface area contributed by atoms with Gasteiger partial charge in [0.2, 0.25) is 10.0 Å². The van der Waals surface area contributed by atoms with Crippen molar-refractivity contribution in [1.29, 1.82) is 0 Å². The van der Waals surface area contributed by atoms with Gasteiger partial charge in [0.1, 0.15) is 12.1 Å². The van der Waals surface area contributed by atoms with E-state index >= 15 is 0 Å². The Kier molecular flexibility index (Phi) is 7.67. The van der Waals surface area contributed by atoms with Gasteiger partial charge in [-0.3, -0.25) is 0 Å². The molecule has 0 amide bonds. The van der Waals surface area contributed by atoms with E-state index in [-0.39, 0.29) is 17.7 Å². The maximum absolute atomic E-state index is 12.2. The predicted octanol–water partition coefficient (Wildman–Crippen LogP) is 6.34. The van der Waals surface area contributed by atoms with Gasteiger partial charge in [-0.2, -0.15) is 0 Å². The molecule has 1 aliphatic rings. The van der Waals surface area contributed by atoms with Crippen molar-refractivity contribution >= 4 is 49.9 Å². The zero-order valence-corrected chi connectivity index (χ0v) is 22.8. The summed E-state index contributed by atoms with van der Waals surface area (Å²) in [6, 6.07) is 22.2. The van der Waals surface area contributed by atoms with Gasteiger partial charge >= 0.3 is 0 Å². The van der Waals surface area contributed by atoms with Crippen molar-refractivity contribution in [3.05, 3.63) is 99.8 Å². The van der Waals surface area contributed by atoms with Gasteiger partial charge in [-0.1, -0.05) is 53.5 Å². The second-order valence-corrected chi connectivity index (χ2v) is 12.4. The zero-order valence-electron chi connectivity index (χ0n) is 20.4. The predicted molar refractivity (Wildman–Crippen MR) is 151 cm³/mol. The van der Waals surface area contributed by atoms with Crippen LogP contribution in [0.2, 0.25) is 10.0 Å². The fraction of sp³-hybridized carbons (Fsp3) is 0.286. The molecule has 0 atom stereocenters. The molecular weight excluding hydrogens is 527 g/mol. The molecule has 1 N–H and O–H groups in total. The van der Waals surface area contributed by atoms with E-state index in [9.17, 15) is 8.42 Å². The summed E-state index contributed by atoms with van der Waals surface area (Å²) in [4.78, 5) is 9.05. The Balaban J connectivity index is 1.48. The Hall–Kier alpha value is -2.71. The molecule has 1 saturated heterocycles. The summed E-state index contributed by atoms with van der Waals surface area (Å²) in [5, 5.41) is 5.87. The zero-order chi connectivity index (χ0) is 26.0. The van der Waals surface area contributed by atoms with Gasteiger partial charge in [0, 0.05) is 40.5 Å². The van der Waals surface area contributed by atoms with Gasteiger partial charge in [0.05, 0.1) is 11.3 Å². The first kappa shape index (κ1) is 25.9. The second kappa shape index (κ2) is 11.0. The highest BCUT2D eigenvalue weighted by Crippen LogP contribution is 2.35. The minimum absolute atomic E-state index is 0.0329. The van der Waals surface area contributed by atoms with Crippen LogP contribution in [0.3, 0.4) is 0 Å². The van der Waals surface area contributed by atoms with Crippen LogP contribution in [-0.2, 0) is 10.0 Å². The van der Waals surface area contributed by atoms with Crippen LogP contribution in [-0.4, -0.2) is 47.6 Å². The first-order valence-electron chi connectivity index (χ1n) is 12.3. The highest BCUT2D eigenvalue weighted by molar-refractivity contribution is 7.89. The molecular formula is C28H28Cl2N4O2S. The number of sulfonamides is 1. The van der Waals surface area contributed by atoms with E-state index in [2.05, 4.69) is 27.4 Å². The molecule has 192 valence electrons. The Morgan fingerprint density at radius 1 is 0.892 bits per heavy atom. The van der Waals surface area contributed by atoms with Crippen LogP contribution < -0.4 is 5.32 Å². The molecule has 0 saturated carbocycles. The first-order chi connectivity index (χ1) is 17.8. The maximum Gasteiger partial charge on any atom is 0.213 e. The van der Waals surface area contributed by atoms with Crippen LogP contribution in [0.4, 0.5) is 5.82 Å². The molecule has 0 aliphatic carbocycles. The van der Waals surface area contributed by atoms with Crippen molar-refractivity contribution < 1.29 is 8.42 Å². The summed E-state index contributed by atoms with van der Waals surface area (Å²) in [7, 11) is -3.16. The van der Waals surface area contributed by atoms with Crippen LogP contribution in [0.5, 0.6) is 0 Å². The average Bonchev–Trinajstić information content (AvgIpc) is 2.91. The molecule has 37 heavy (non-hydrogen) atoms. The molecule has 0 bridgehead atoms. The number of nitrogens with one attached hydrogen (secondary N) is 1. The third kappa shape index (κ3) is 5.75. The molecule has 4 aromatic rings. The number of nitrogens with zero attached hydrogens (tertiary/aromatic N) is 3. The van der Waals surface area contributed by atoms with Crippen LogP contribution in [0.25, 0.3) is 10.9 Å². The van der Waals surface area contributed by atoms with Crippen LogP contribution in [0, 0.1) is 0 Å². The summed E-state index contributed by atoms with van der Waals surface area (Å²) in [6.45, 7) is 2.71. The molecule has 1 aromatic heterocycles. The van der Waals surface area contributed by atoms with Gasteiger partial charge in [-0.15, -0.1) is 0 Å². The Bertz CT molecular complexity index is 1440. The summed E-state index contributed by atoms with van der Waals surface area (Å²) >= 11 is 12.4. The topological polar surface area (TPSA) is 75.2 Å². The third-order valence-electron chi connectivity index (χ3n) is 6.95. The summed E-state index contributed by atoms with van der Waals surface area (Å²) < 4.78 is 26.1. The second-order valence-electron chi connectivity index (χ2n) is 9.25. The molecule has 2 heterocycles. The number of hydrogen-bond acceptors (Lipinski definition) is 5. The smallest absolute Gasteiger partial charge is 0.213 e.